The summed E-state index contributed by atoms with van der Waals surface area (Å²) < 4.78 is 0.865. The molecule has 0 atom stereocenters. The number of halogens is 2. The summed E-state index contributed by atoms with van der Waals surface area (Å²) in [5, 5.41) is 10.2. The number of rotatable bonds is 0. The molecule has 0 unspecified atom stereocenters. The lowest BCUT2D eigenvalue weighted by molar-refractivity contribution is 0.480. The molecule has 0 aliphatic carbocycles. The molecule has 0 saturated carbocycles. The Labute approximate surface area is 110 Å². The molecular weight excluding hydrogens is 304 g/mol. The van der Waals surface area contributed by atoms with Crippen molar-refractivity contribution in [1.29, 1.82) is 0 Å². The van der Waals surface area contributed by atoms with Crippen molar-refractivity contribution in [2.45, 2.75) is 0 Å². The maximum atomic E-state index is 9.78. The van der Waals surface area contributed by atoms with Gasteiger partial charge in [-0.1, -0.05) is 17.7 Å². The van der Waals surface area contributed by atoms with Crippen LogP contribution >= 0.6 is 27.5 Å². The molecule has 3 aromatic rings. The highest BCUT2D eigenvalue weighted by molar-refractivity contribution is 9.10. The Bertz CT molecular complexity index is 745. The second-order valence-corrected chi connectivity index (χ2v) is 4.91. The second kappa shape index (κ2) is 3.82. The van der Waals surface area contributed by atoms with Gasteiger partial charge >= 0.3 is 0 Å². The van der Waals surface area contributed by atoms with Crippen molar-refractivity contribution in [2.75, 3.05) is 0 Å². The molecule has 5 heteroatoms. The first-order valence-electron chi connectivity index (χ1n) is 4.89. The van der Waals surface area contributed by atoms with Gasteiger partial charge in [-0.15, -0.1) is 0 Å². The maximum absolute atomic E-state index is 9.78. The summed E-state index contributed by atoms with van der Waals surface area (Å²) in [5.74, 6) is 0.0434. The van der Waals surface area contributed by atoms with E-state index in [-0.39, 0.29) is 5.75 Å². The van der Waals surface area contributed by atoms with Crippen LogP contribution < -0.4 is 0 Å². The Kier molecular flexibility index (Phi) is 2.42. The van der Waals surface area contributed by atoms with E-state index in [1.165, 1.54) is 6.07 Å². The van der Waals surface area contributed by atoms with Gasteiger partial charge in [0.05, 0.1) is 11.0 Å². The number of nitrogens with zero attached hydrogens (tertiary/aromatic N) is 2. The summed E-state index contributed by atoms with van der Waals surface area (Å²) >= 11 is 9.30. The highest BCUT2D eigenvalue weighted by Crippen LogP contribution is 2.29. The minimum atomic E-state index is 0.0434. The van der Waals surface area contributed by atoms with E-state index in [1.54, 1.807) is 6.07 Å². The number of benzene rings is 2. The number of para-hydroxylation sites is 1. The molecule has 0 amide bonds. The fourth-order valence-corrected chi connectivity index (χ4v) is 2.37. The van der Waals surface area contributed by atoms with Gasteiger partial charge in [0.15, 0.2) is 0 Å². The van der Waals surface area contributed by atoms with Crippen LogP contribution in [0.25, 0.3) is 22.1 Å². The van der Waals surface area contributed by atoms with Crippen LogP contribution in [0.3, 0.4) is 0 Å². The van der Waals surface area contributed by atoms with Gasteiger partial charge in [0.1, 0.15) is 16.8 Å². The number of phenols is 1. The fraction of sp³-hybridized carbons (Fsp3) is 0. The molecule has 2 aromatic carbocycles. The summed E-state index contributed by atoms with van der Waals surface area (Å²) in [5.41, 5.74) is 2.51. The van der Waals surface area contributed by atoms with Gasteiger partial charge in [-0.3, -0.25) is 0 Å². The van der Waals surface area contributed by atoms with Crippen LogP contribution in [-0.2, 0) is 0 Å². The van der Waals surface area contributed by atoms with Crippen molar-refractivity contribution in [3.8, 4) is 5.75 Å². The van der Waals surface area contributed by atoms with Crippen LogP contribution in [0.15, 0.2) is 34.8 Å². The molecular formula is C12H6BrClN2O. The van der Waals surface area contributed by atoms with E-state index in [4.69, 9.17) is 11.6 Å². The van der Waals surface area contributed by atoms with Crippen LogP contribution in [0.5, 0.6) is 5.75 Å². The number of hydrogen-bond donors (Lipinski definition) is 1. The quantitative estimate of drug-likeness (QED) is 0.641. The predicted molar refractivity (Wildman–Crippen MR) is 71.4 cm³/mol. The van der Waals surface area contributed by atoms with Crippen LogP contribution in [-0.4, -0.2) is 15.1 Å². The molecule has 0 saturated heterocycles. The molecule has 0 aliphatic rings. The summed E-state index contributed by atoms with van der Waals surface area (Å²) in [6, 6.07) is 8.76. The van der Waals surface area contributed by atoms with E-state index < -0.39 is 0 Å². The first kappa shape index (κ1) is 10.7. The number of fused-ring (bicyclic) bond motifs is 2. The first-order valence-corrected chi connectivity index (χ1v) is 6.07. The third-order valence-corrected chi connectivity index (χ3v) is 3.32. The van der Waals surface area contributed by atoms with E-state index >= 15 is 0 Å². The largest absolute Gasteiger partial charge is 0.506 e. The molecule has 3 nitrogen and oxygen atoms in total. The minimum Gasteiger partial charge on any atom is -0.506 e. The SMILES string of the molecule is Oc1cc(Cl)cc2nc3c(Br)cccc3nc12. The molecule has 1 aromatic heterocycles. The first-order chi connectivity index (χ1) is 8.15. The van der Waals surface area contributed by atoms with Gasteiger partial charge < -0.3 is 5.11 Å². The van der Waals surface area contributed by atoms with Crippen LogP contribution in [0.4, 0.5) is 0 Å². The Morgan fingerprint density at radius 2 is 1.82 bits per heavy atom. The number of phenolic OH excluding ortho intramolecular Hbond substituents is 1. The number of hydrogen-bond acceptors (Lipinski definition) is 3. The number of aromatic nitrogens is 2. The summed E-state index contributed by atoms with van der Waals surface area (Å²) in [4.78, 5) is 8.82. The Hall–Kier alpha value is -1.39. The molecule has 0 aliphatic heterocycles. The van der Waals surface area contributed by atoms with E-state index in [1.807, 2.05) is 18.2 Å². The number of aromatic hydroxyl groups is 1. The highest BCUT2D eigenvalue weighted by Gasteiger charge is 2.08. The van der Waals surface area contributed by atoms with Gasteiger partial charge in [0.25, 0.3) is 0 Å². The monoisotopic (exact) mass is 308 g/mol. The van der Waals surface area contributed by atoms with Gasteiger partial charge in [-0.05, 0) is 34.1 Å². The fourth-order valence-electron chi connectivity index (χ4n) is 1.72. The topological polar surface area (TPSA) is 46.0 Å². The molecule has 0 bridgehead atoms. The molecule has 0 spiro atoms. The molecule has 0 radical (unpaired) electrons. The predicted octanol–water partition coefficient (Wildman–Crippen LogP) is 3.90. The Morgan fingerprint density at radius 1 is 1.06 bits per heavy atom. The standard InChI is InChI=1S/C12H6BrClN2O/c13-7-2-1-3-8-11(7)16-9-4-6(14)5-10(17)12(9)15-8/h1-5,17H. The van der Waals surface area contributed by atoms with Gasteiger partial charge in [0.2, 0.25) is 0 Å². The van der Waals surface area contributed by atoms with E-state index in [0.29, 0.717) is 16.1 Å². The van der Waals surface area contributed by atoms with Crippen molar-refractivity contribution < 1.29 is 5.11 Å². The minimum absolute atomic E-state index is 0.0434. The zero-order valence-corrected chi connectivity index (χ0v) is 10.8. The summed E-state index contributed by atoms with van der Waals surface area (Å²) in [6.07, 6.45) is 0. The molecule has 84 valence electrons. The van der Waals surface area contributed by atoms with E-state index in [2.05, 4.69) is 25.9 Å². The zero-order chi connectivity index (χ0) is 12.0. The third-order valence-electron chi connectivity index (χ3n) is 2.46. The van der Waals surface area contributed by atoms with Crippen LogP contribution in [0.1, 0.15) is 0 Å². The van der Waals surface area contributed by atoms with Crippen molar-refractivity contribution in [3.05, 3.63) is 39.8 Å². The molecule has 17 heavy (non-hydrogen) atoms. The lowest BCUT2D eigenvalue weighted by Crippen LogP contribution is -1.88. The average Bonchev–Trinajstić information content (AvgIpc) is 2.28. The Morgan fingerprint density at radius 3 is 2.65 bits per heavy atom. The lowest BCUT2D eigenvalue weighted by atomic mass is 10.2. The molecule has 1 N–H and O–H groups in total. The van der Waals surface area contributed by atoms with Crippen molar-refractivity contribution >= 4 is 49.6 Å². The van der Waals surface area contributed by atoms with Crippen molar-refractivity contribution in [2.24, 2.45) is 0 Å². The van der Waals surface area contributed by atoms with Gasteiger partial charge in [-0.2, -0.15) is 0 Å². The molecule has 0 fully saturated rings. The summed E-state index contributed by atoms with van der Waals surface area (Å²) in [7, 11) is 0. The van der Waals surface area contributed by atoms with E-state index in [9.17, 15) is 5.11 Å². The summed E-state index contributed by atoms with van der Waals surface area (Å²) in [6.45, 7) is 0. The van der Waals surface area contributed by atoms with Crippen molar-refractivity contribution in [3.63, 3.8) is 0 Å². The zero-order valence-electron chi connectivity index (χ0n) is 8.48. The third kappa shape index (κ3) is 1.73. The molecule has 3 rings (SSSR count). The normalized spacial score (nSPS) is 11.2. The van der Waals surface area contributed by atoms with Gasteiger partial charge in [0, 0.05) is 15.6 Å². The lowest BCUT2D eigenvalue weighted by Gasteiger charge is -2.04. The van der Waals surface area contributed by atoms with Crippen LogP contribution in [0, 0.1) is 0 Å². The smallest absolute Gasteiger partial charge is 0.144 e. The maximum Gasteiger partial charge on any atom is 0.144 e. The van der Waals surface area contributed by atoms with E-state index in [0.717, 1.165) is 15.5 Å². The second-order valence-electron chi connectivity index (χ2n) is 3.62. The van der Waals surface area contributed by atoms with Crippen molar-refractivity contribution in [1.82, 2.24) is 9.97 Å². The van der Waals surface area contributed by atoms with Gasteiger partial charge in [-0.25, -0.2) is 9.97 Å². The average molecular weight is 310 g/mol. The van der Waals surface area contributed by atoms with Crippen LogP contribution in [0.2, 0.25) is 5.02 Å². The highest BCUT2D eigenvalue weighted by atomic mass is 79.9. The Balaban J connectivity index is 2.52. The molecule has 1 heterocycles.